The molecule has 4 nitrogen and oxygen atoms in total. The van der Waals surface area contributed by atoms with Gasteiger partial charge in [0.05, 0.1) is 5.54 Å². The van der Waals surface area contributed by atoms with Crippen molar-refractivity contribution in [1.82, 2.24) is 15.0 Å². The highest BCUT2D eigenvalue weighted by atomic mass is 15.0. The van der Waals surface area contributed by atoms with Crippen LogP contribution in [0.25, 0.3) is 0 Å². The van der Waals surface area contributed by atoms with E-state index in [9.17, 15) is 0 Å². The van der Waals surface area contributed by atoms with Gasteiger partial charge < -0.3 is 5.73 Å². The maximum absolute atomic E-state index is 5.70. The van der Waals surface area contributed by atoms with E-state index in [1.54, 1.807) is 0 Å². The largest absolute Gasteiger partial charge is 0.319 e. The fraction of sp³-hybridized carbons (Fsp3) is 0.500. The smallest absolute Gasteiger partial charge is 0.151 e. The Hall–Kier alpha value is -1.03. The normalized spacial score (nSPS) is 11.5. The second-order valence-corrected chi connectivity index (χ2v) is 2.68. The lowest BCUT2D eigenvalue weighted by molar-refractivity contribution is 0.510. The third-order valence-electron chi connectivity index (χ3n) is 1.07. The summed E-state index contributed by atoms with van der Waals surface area (Å²) in [5, 5.41) is 0. The Morgan fingerprint density at radius 2 is 1.80 bits per heavy atom. The van der Waals surface area contributed by atoms with Crippen LogP contribution in [0.3, 0.4) is 0 Å². The molecule has 0 saturated carbocycles. The van der Waals surface area contributed by atoms with Crippen LogP contribution in [0.4, 0.5) is 0 Å². The maximum atomic E-state index is 5.70. The van der Waals surface area contributed by atoms with Gasteiger partial charge in [0.2, 0.25) is 0 Å². The van der Waals surface area contributed by atoms with Gasteiger partial charge in [-0.3, -0.25) is 0 Å². The lowest BCUT2D eigenvalue weighted by Crippen LogP contribution is -2.31. The molecule has 0 saturated heterocycles. The second kappa shape index (κ2) is 2.30. The van der Waals surface area contributed by atoms with Crippen molar-refractivity contribution in [2.24, 2.45) is 5.73 Å². The second-order valence-electron chi connectivity index (χ2n) is 2.68. The van der Waals surface area contributed by atoms with Crippen LogP contribution in [-0.4, -0.2) is 15.0 Å². The quantitative estimate of drug-likeness (QED) is 0.596. The van der Waals surface area contributed by atoms with Gasteiger partial charge >= 0.3 is 0 Å². The van der Waals surface area contributed by atoms with Crippen molar-refractivity contribution in [3.63, 3.8) is 0 Å². The molecule has 0 fully saturated rings. The molecule has 0 radical (unpaired) electrons. The van der Waals surface area contributed by atoms with E-state index in [0.717, 1.165) is 0 Å². The third kappa shape index (κ3) is 1.48. The number of nitrogens with zero attached hydrogens (tertiary/aromatic N) is 3. The molecule has 1 rings (SSSR count). The zero-order chi connectivity index (χ0) is 7.61. The van der Waals surface area contributed by atoms with Crippen LogP contribution >= 0.6 is 0 Å². The molecular weight excluding hydrogens is 128 g/mol. The summed E-state index contributed by atoms with van der Waals surface area (Å²) in [4.78, 5) is 11.5. The first-order valence-electron chi connectivity index (χ1n) is 3.02. The summed E-state index contributed by atoms with van der Waals surface area (Å²) in [7, 11) is 0. The van der Waals surface area contributed by atoms with E-state index in [4.69, 9.17) is 5.73 Å². The first kappa shape index (κ1) is 7.08. The minimum Gasteiger partial charge on any atom is -0.319 e. The Morgan fingerprint density at radius 1 is 1.30 bits per heavy atom. The van der Waals surface area contributed by atoms with E-state index >= 15 is 0 Å². The van der Waals surface area contributed by atoms with Gasteiger partial charge in [-0.2, -0.15) is 0 Å². The average molecular weight is 138 g/mol. The van der Waals surface area contributed by atoms with Crippen LogP contribution in [0.2, 0.25) is 0 Å². The van der Waals surface area contributed by atoms with Gasteiger partial charge in [-0.25, -0.2) is 15.0 Å². The van der Waals surface area contributed by atoms with Gasteiger partial charge in [0, 0.05) is 0 Å². The molecule has 4 heteroatoms. The standard InChI is InChI=1S/C6H10N4/c1-6(2,7)5-9-3-8-4-10-5/h3-4H,7H2,1-2H3. The summed E-state index contributed by atoms with van der Waals surface area (Å²) in [5.74, 6) is 0.613. The Morgan fingerprint density at radius 3 is 2.10 bits per heavy atom. The fourth-order valence-corrected chi connectivity index (χ4v) is 0.572. The fourth-order valence-electron chi connectivity index (χ4n) is 0.572. The summed E-state index contributed by atoms with van der Waals surface area (Å²) in [6.07, 6.45) is 2.88. The average Bonchev–Trinajstić information content (AvgIpc) is 1.88. The van der Waals surface area contributed by atoms with Gasteiger partial charge in [-0.15, -0.1) is 0 Å². The highest BCUT2D eigenvalue weighted by molar-refractivity contribution is 4.96. The van der Waals surface area contributed by atoms with Crippen molar-refractivity contribution < 1.29 is 0 Å². The molecule has 0 amide bonds. The number of hydrogen-bond acceptors (Lipinski definition) is 4. The van der Waals surface area contributed by atoms with Crippen molar-refractivity contribution >= 4 is 0 Å². The zero-order valence-electron chi connectivity index (χ0n) is 6.07. The van der Waals surface area contributed by atoms with Crippen molar-refractivity contribution in [1.29, 1.82) is 0 Å². The monoisotopic (exact) mass is 138 g/mol. The molecular formula is C6H10N4. The molecule has 0 bridgehead atoms. The Balaban J connectivity index is 2.97. The van der Waals surface area contributed by atoms with Crippen LogP contribution < -0.4 is 5.73 Å². The minimum atomic E-state index is -0.469. The molecule has 0 aromatic carbocycles. The van der Waals surface area contributed by atoms with Gasteiger partial charge in [0.15, 0.2) is 5.82 Å². The molecule has 54 valence electrons. The predicted octanol–water partition coefficient (Wildman–Crippen LogP) is 0.0654. The summed E-state index contributed by atoms with van der Waals surface area (Å²) in [6, 6.07) is 0. The van der Waals surface area contributed by atoms with Crippen LogP contribution in [0.5, 0.6) is 0 Å². The van der Waals surface area contributed by atoms with E-state index < -0.39 is 5.54 Å². The van der Waals surface area contributed by atoms with Crippen LogP contribution in [0.15, 0.2) is 12.7 Å². The molecule has 0 atom stereocenters. The number of nitrogens with two attached hydrogens (primary N) is 1. The Bertz CT molecular complexity index is 201. The van der Waals surface area contributed by atoms with E-state index in [0.29, 0.717) is 5.82 Å². The summed E-state index contributed by atoms with van der Waals surface area (Å²) < 4.78 is 0. The van der Waals surface area contributed by atoms with Crippen LogP contribution in [-0.2, 0) is 5.54 Å². The van der Waals surface area contributed by atoms with Crippen LogP contribution in [0.1, 0.15) is 19.7 Å². The van der Waals surface area contributed by atoms with Crippen molar-refractivity contribution in [2.45, 2.75) is 19.4 Å². The Labute approximate surface area is 59.5 Å². The van der Waals surface area contributed by atoms with Crippen molar-refractivity contribution in [3.8, 4) is 0 Å². The molecule has 0 aliphatic rings. The third-order valence-corrected chi connectivity index (χ3v) is 1.07. The molecule has 10 heavy (non-hydrogen) atoms. The first-order valence-corrected chi connectivity index (χ1v) is 3.02. The first-order chi connectivity index (χ1) is 4.61. The van der Waals surface area contributed by atoms with Gasteiger partial charge in [-0.05, 0) is 13.8 Å². The number of aromatic nitrogens is 3. The van der Waals surface area contributed by atoms with E-state index in [1.165, 1.54) is 12.7 Å². The molecule has 1 aromatic rings. The zero-order valence-corrected chi connectivity index (χ0v) is 6.07. The highest BCUT2D eigenvalue weighted by Crippen LogP contribution is 2.08. The topological polar surface area (TPSA) is 64.7 Å². The summed E-state index contributed by atoms with van der Waals surface area (Å²) in [5.41, 5.74) is 5.23. The van der Waals surface area contributed by atoms with Crippen molar-refractivity contribution in [3.05, 3.63) is 18.5 Å². The molecule has 0 aliphatic carbocycles. The molecule has 0 unspecified atom stereocenters. The lowest BCUT2D eigenvalue weighted by atomic mass is 10.1. The van der Waals surface area contributed by atoms with Gasteiger partial charge in [0.25, 0.3) is 0 Å². The maximum Gasteiger partial charge on any atom is 0.151 e. The number of hydrogen-bond donors (Lipinski definition) is 1. The highest BCUT2D eigenvalue weighted by Gasteiger charge is 2.16. The van der Waals surface area contributed by atoms with Gasteiger partial charge in [0.1, 0.15) is 12.7 Å². The molecule has 1 heterocycles. The summed E-state index contributed by atoms with van der Waals surface area (Å²) in [6.45, 7) is 3.70. The predicted molar refractivity (Wildman–Crippen MR) is 37.0 cm³/mol. The number of rotatable bonds is 1. The van der Waals surface area contributed by atoms with E-state index in [2.05, 4.69) is 15.0 Å². The molecule has 1 aromatic heterocycles. The van der Waals surface area contributed by atoms with Gasteiger partial charge in [-0.1, -0.05) is 0 Å². The van der Waals surface area contributed by atoms with Crippen LogP contribution in [0, 0.1) is 0 Å². The minimum absolute atomic E-state index is 0.469. The van der Waals surface area contributed by atoms with Crippen molar-refractivity contribution in [2.75, 3.05) is 0 Å². The summed E-state index contributed by atoms with van der Waals surface area (Å²) >= 11 is 0. The SMILES string of the molecule is CC(C)(N)c1ncncn1. The molecule has 2 N–H and O–H groups in total. The van der Waals surface area contributed by atoms with E-state index in [-0.39, 0.29) is 0 Å². The van der Waals surface area contributed by atoms with E-state index in [1.807, 2.05) is 13.8 Å². The Kier molecular flexibility index (Phi) is 1.63. The molecule has 0 spiro atoms. The lowest BCUT2D eigenvalue weighted by Gasteiger charge is -2.14. The molecule has 0 aliphatic heterocycles.